The van der Waals surface area contributed by atoms with Gasteiger partial charge < -0.3 is 19.9 Å². The van der Waals surface area contributed by atoms with Crippen molar-refractivity contribution >= 4 is 0 Å². The molecule has 0 bridgehead atoms. The van der Waals surface area contributed by atoms with Crippen molar-refractivity contribution < 1.29 is 14.6 Å². The number of ether oxygens (including phenoxy) is 2. The van der Waals surface area contributed by atoms with Crippen LogP contribution in [0.3, 0.4) is 0 Å². The van der Waals surface area contributed by atoms with Crippen molar-refractivity contribution in [1.82, 2.24) is 5.32 Å². The highest BCUT2D eigenvalue weighted by Crippen LogP contribution is 2.29. The van der Waals surface area contributed by atoms with Crippen LogP contribution in [0.4, 0.5) is 0 Å². The van der Waals surface area contributed by atoms with Crippen LogP contribution in [0, 0.1) is 0 Å². The summed E-state index contributed by atoms with van der Waals surface area (Å²) < 4.78 is 10.5. The van der Waals surface area contributed by atoms with E-state index >= 15 is 0 Å². The zero-order valence-electron chi connectivity index (χ0n) is 10.7. The SMILES string of the molecule is COc1ccc(C(C)NCCCO)c(OC)c1. The summed E-state index contributed by atoms with van der Waals surface area (Å²) in [7, 11) is 3.29. The Morgan fingerprint density at radius 1 is 1.29 bits per heavy atom. The molecule has 0 fully saturated rings. The molecule has 0 amide bonds. The van der Waals surface area contributed by atoms with Crippen molar-refractivity contribution in [2.24, 2.45) is 0 Å². The molecule has 1 unspecified atom stereocenters. The number of aliphatic hydroxyl groups excluding tert-OH is 1. The van der Waals surface area contributed by atoms with Gasteiger partial charge in [0.2, 0.25) is 0 Å². The maximum atomic E-state index is 8.74. The summed E-state index contributed by atoms with van der Waals surface area (Å²) in [5.74, 6) is 1.60. The van der Waals surface area contributed by atoms with Crippen LogP contribution in [-0.4, -0.2) is 32.5 Å². The highest BCUT2D eigenvalue weighted by Gasteiger charge is 2.11. The summed E-state index contributed by atoms with van der Waals surface area (Å²) in [6, 6.07) is 5.97. The molecule has 4 heteroatoms. The summed E-state index contributed by atoms with van der Waals surface area (Å²) >= 11 is 0. The Labute approximate surface area is 103 Å². The Morgan fingerprint density at radius 3 is 2.65 bits per heavy atom. The molecular weight excluding hydrogens is 218 g/mol. The van der Waals surface area contributed by atoms with Gasteiger partial charge in [0.1, 0.15) is 11.5 Å². The normalized spacial score (nSPS) is 12.2. The summed E-state index contributed by atoms with van der Waals surface area (Å²) in [6.07, 6.45) is 0.753. The fourth-order valence-electron chi connectivity index (χ4n) is 1.68. The number of rotatable bonds is 7. The molecule has 0 heterocycles. The second-order valence-corrected chi connectivity index (χ2v) is 3.86. The van der Waals surface area contributed by atoms with Gasteiger partial charge in [0.25, 0.3) is 0 Å². The summed E-state index contributed by atoms with van der Waals surface area (Å²) in [6.45, 7) is 3.06. The van der Waals surface area contributed by atoms with Gasteiger partial charge in [-0.25, -0.2) is 0 Å². The van der Waals surface area contributed by atoms with Gasteiger partial charge in [0, 0.05) is 24.3 Å². The van der Waals surface area contributed by atoms with Crippen molar-refractivity contribution in [3.63, 3.8) is 0 Å². The second-order valence-electron chi connectivity index (χ2n) is 3.86. The Kier molecular flexibility index (Phi) is 5.80. The van der Waals surface area contributed by atoms with Gasteiger partial charge >= 0.3 is 0 Å². The first-order valence-corrected chi connectivity index (χ1v) is 5.79. The van der Waals surface area contributed by atoms with Crippen molar-refractivity contribution in [2.45, 2.75) is 19.4 Å². The van der Waals surface area contributed by atoms with Crippen LogP contribution in [0.15, 0.2) is 18.2 Å². The van der Waals surface area contributed by atoms with Crippen LogP contribution >= 0.6 is 0 Å². The topological polar surface area (TPSA) is 50.7 Å². The van der Waals surface area contributed by atoms with E-state index in [9.17, 15) is 0 Å². The smallest absolute Gasteiger partial charge is 0.127 e. The molecule has 0 radical (unpaired) electrons. The van der Waals surface area contributed by atoms with Crippen molar-refractivity contribution in [2.75, 3.05) is 27.4 Å². The number of hydrogen-bond donors (Lipinski definition) is 2. The standard InChI is InChI=1S/C13H21NO3/c1-10(14-7-4-8-15)12-6-5-11(16-2)9-13(12)17-3/h5-6,9-10,14-15H,4,7-8H2,1-3H3. The maximum absolute atomic E-state index is 8.74. The lowest BCUT2D eigenvalue weighted by Gasteiger charge is -2.17. The van der Waals surface area contributed by atoms with Gasteiger partial charge in [0.05, 0.1) is 14.2 Å². The average Bonchev–Trinajstić information content (AvgIpc) is 2.38. The Hall–Kier alpha value is -1.26. The minimum absolute atomic E-state index is 0.183. The first-order chi connectivity index (χ1) is 8.22. The number of methoxy groups -OCH3 is 2. The van der Waals surface area contributed by atoms with Crippen LogP contribution in [0.1, 0.15) is 24.9 Å². The van der Waals surface area contributed by atoms with E-state index in [1.54, 1.807) is 14.2 Å². The van der Waals surface area contributed by atoms with Gasteiger partial charge in [-0.05, 0) is 26.0 Å². The molecular formula is C13H21NO3. The third-order valence-electron chi connectivity index (χ3n) is 2.69. The first kappa shape index (κ1) is 13.8. The third-order valence-corrected chi connectivity index (χ3v) is 2.69. The molecule has 0 spiro atoms. The highest BCUT2D eigenvalue weighted by molar-refractivity contribution is 5.42. The maximum Gasteiger partial charge on any atom is 0.127 e. The minimum atomic E-state index is 0.183. The summed E-state index contributed by atoms with van der Waals surface area (Å²) in [5, 5.41) is 12.1. The fourth-order valence-corrected chi connectivity index (χ4v) is 1.68. The number of aliphatic hydroxyl groups is 1. The molecule has 0 aliphatic carbocycles. The molecule has 2 N–H and O–H groups in total. The highest BCUT2D eigenvalue weighted by atomic mass is 16.5. The van der Waals surface area contributed by atoms with Gasteiger partial charge in [-0.15, -0.1) is 0 Å². The molecule has 1 atom stereocenters. The van der Waals surface area contributed by atoms with Crippen molar-refractivity contribution in [1.29, 1.82) is 0 Å². The van der Waals surface area contributed by atoms with Crippen molar-refractivity contribution in [3.05, 3.63) is 23.8 Å². The molecule has 1 rings (SSSR count). The molecule has 17 heavy (non-hydrogen) atoms. The molecule has 96 valence electrons. The predicted molar refractivity (Wildman–Crippen MR) is 67.7 cm³/mol. The van der Waals surface area contributed by atoms with E-state index in [1.165, 1.54) is 0 Å². The van der Waals surface area contributed by atoms with E-state index in [0.29, 0.717) is 0 Å². The van der Waals surface area contributed by atoms with Gasteiger partial charge in [-0.1, -0.05) is 6.07 Å². The van der Waals surface area contributed by atoms with Gasteiger partial charge in [-0.2, -0.15) is 0 Å². The molecule has 0 aliphatic rings. The van der Waals surface area contributed by atoms with Crippen LogP contribution in [0.2, 0.25) is 0 Å². The monoisotopic (exact) mass is 239 g/mol. The predicted octanol–water partition coefficient (Wildman–Crippen LogP) is 1.74. The van der Waals surface area contributed by atoms with E-state index in [1.807, 2.05) is 18.2 Å². The molecule has 1 aromatic carbocycles. The molecule has 1 aromatic rings. The molecule has 4 nitrogen and oxygen atoms in total. The third kappa shape index (κ3) is 3.91. The van der Waals surface area contributed by atoms with E-state index < -0.39 is 0 Å². The van der Waals surface area contributed by atoms with Crippen LogP contribution in [0.5, 0.6) is 11.5 Å². The molecule has 0 saturated heterocycles. The zero-order chi connectivity index (χ0) is 12.7. The lowest BCUT2D eigenvalue weighted by atomic mass is 10.1. The van der Waals surface area contributed by atoms with E-state index in [-0.39, 0.29) is 12.6 Å². The second kappa shape index (κ2) is 7.14. The van der Waals surface area contributed by atoms with Crippen LogP contribution in [-0.2, 0) is 0 Å². The van der Waals surface area contributed by atoms with E-state index in [2.05, 4.69) is 12.2 Å². The quantitative estimate of drug-likeness (QED) is 0.712. The molecule has 0 saturated carbocycles. The van der Waals surface area contributed by atoms with Crippen LogP contribution in [0.25, 0.3) is 0 Å². The lowest BCUT2D eigenvalue weighted by Crippen LogP contribution is -2.21. The van der Waals surface area contributed by atoms with Gasteiger partial charge in [-0.3, -0.25) is 0 Å². The molecule has 0 aromatic heterocycles. The summed E-state index contributed by atoms with van der Waals surface area (Å²) in [4.78, 5) is 0. The van der Waals surface area contributed by atoms with Crippen LogP contribution < -0.4 is 14.8 Å². The number of hydrogen-bond acceptors (Lipinski definition) is 4. The van der Waals surface area contributed by atoms with Crippen molar-refractivity contribution in [3.8, 4) is 11.5 Å². The van der Waals surface area contributed by atoms with E-state index in [4.69, 9.17) is 14.6 Å². The Balaban J connectivity index is 2.74. The zero-order valence-corrected chi connectivity index (χ0v) is 10.7. The number of benzene rings is 1. The van der Waals surface area contributed by atoms with Gasteiger partial charge in [0.15, 0.2) is 0 Å². The fraction of sp³-hybridized carbons (Fsp3) is 0.538. The Bertz CT molecular complexity index is 341. The largest absolute Gasteiger partial charge is 0.497 e. The minimum Gasteiger partial charge on any atom is -0.497 e. The lowest BCUT2D eigenvalue weighted by molar-refractivity contribution is 0.283. The first-order valence-electron chi connectivity index (χ1n) is 5.79. The number of nitrogens with one attached hydrogen (secondary N) is 1. The van der Waals surface area contributed by atoms with E-state index in [0.717, 1.165) is 30.0 Å². The molecule has 0 aliphatic heterocycles. The summed E-state index contributed by atoms with van der Waals surface area (Å²) in [5.41, 5.74) is 1.09. The average molecular weight is 239 g/mol. The Morgan fingerprint density at radius 2 is 2.06 bits per heavy atom.